The summed E-state index contributed by atoms with van der Waals surface area (Å²) in [7, 11) is 0. The van der Waals surface area contributed by atoms with Crippen molar-refractivity contribution in [3.8, 4) is 0 Å². The SMILES string of the molecule is Cc1cc(F)c([N+](=O)[O-])cc1C(=O)N(Cc1ccccc1)C(C)C1CC1. The summed E-state index contributed by atoms with van der Waals surface area (Å²) in [5, 5.41) is 11.1. The van der Waals surface area contributed by atoms with Crippen LogP contribution in [0, 0.1) is 28.8 Å². The molecule has 1 aliphatic rings. The second-order valence-corrected chi connectivity index (χ2v) is 6.87. The summed E-state index contributed by atoms with van der Waals surface area (Å²) < 4.78 is 13.8. The molecule has 0 spiro atoms. The largest absolute Gasteiger partial charge is 0.331 e. The van der Waals surface area contributed by atoms with Crippen LogP contribution in [-0.4, -0.2) is 21.8 Å². The van der Waals surface area contributed by atoms with Gasteiger partial charge in [0.2, 0.25) is 5.82 Å². The Kier molecular flexibility index (Phi) is 5.02. The Labute approximate surface area is 151 Å². The minimum absolute atomic E-state index is 0.0196. The third-order valence-corrected chi connectivity index (χ3v) is 4.97. The Hall–Kier alpha value is -2.76. The number of nitro benzene ring substituents is 1. The number of carbonyl (C=O) groups excluding carboxylic acids is 1. The number of nitro groups is 1. The van der Waals surface area contributed by atoms with E-state index in [1.807, 2.05) is 37.3 Å². The number of hydrogen-bond acceptors (Lipinski definition) is 3. The summed E-state index contributed by atoms with van der Waals surface area (Å²) in [6.07, 6.45) is 2.14. The van der Waals surface area contributed by atoms with Gasteiger partial charge < -0.3 is 4.90 Å². The molecule has 0 saturated heterocycles. The molecule has 2 aromatic carbocycles. The topological polar surface area (TPSA) is 63.5 Å². The van der Waals surface area contributed by atoms with Crippen LogP contribution >= 0.6 is 0 Å². The second-order valence-electron chi connectivity index (χ2n) is 6.87. The number of nitrogens with zero attached hydrogens (tertiary/aromatic N) is 2. The number of amides is 1. The van der Waals surface area contributed by atoms with Gasteiger partial charge in [-0.25, -0.2) is 0 Å². The van der Waals surface area contributed by atoms with Gasteiger partial charge in [-0.3, -0.25) is 14.9 Å². The summed E-state index contributed by atoms with van der Waals surface area (Å²) in [6, 6.07) is 11.8. The van der Waals surface area contributed by atoms with Crippen LogP contribution in [0.25, 0.3) is 0 Å². The Morgan fingerprint density at radius 3 is 2.54 bits per heavy atom. The van der Waals surface area contributed by atoms with Gasteiger partial charge in [0.05, 0.1) is 4.92 Å². The molecule has 5 nitrogen and oxygen atoms in total. The van der Waals surface area contributed by atoms with E-state index in [4.69, 9.17) is 0 Å². The molecule has 1 saturated carbocycles. The van der Waals surface area contributed by atoms with Gasteiger partial charge >= 0.3 is 5.69 Å². The van der Waals surface area contributed by atoms with Gasteiger partial charge in [-0.1, -0.05) is 30.3 Å². The van der Waals surface area contributed by atoms with Gasteiger partial charge in [0, 0.05) is 24.2 Å². The molecule has 26 heavy (non-hydrogen) atoms. The van der Waals surface area contributed by atoms with Crippen molar-refractivity contribution >= 4 is 11.6 Å². The highest BCUT2D eigenvalue weighted by molar-refractivity contribution is 5.96. The summed E-state index contributed by atoms with van der Waals surface area (Å²) in [4.78, 5) is 25.2. The lowest BCUT2D eigenvalue weighted by Gasteiger charge is -2.30. The van der Waals surface area contributed by atoms with Gasteiger partial charge in [0.15, 0.2) is 0 Å². The molecule has 1 unspecified atom stereocenters. The number of halogens is 1. The van der Waals surface area contributed by atoms with Crippen LogP contribution in [0.4, 0.5) is 10.1 Å². The summed E-state index contributed by atoms with van der Waals surface area (Å²) in [6.45, 7) is 4.02. The second kappa shape index (κ2) is 7.23. The Morgan fingerprint density at radius 1 is 1.31 bits per heavy atom. The average molecular weight is 356 g/mol. The van der Waals surface area contributed by atoms with Crippen molar-refractivity contribution in [2.24, 2.45) is 5.92 Å². The first-order valence-corrected chi connectivity index (χ1v) is 8.68. The molecular formula is C20H21FN2O3. The Bertz CT molecular complexity index is 834. The maximum atomic E-state index is 13.8. The molecule has 1 aliphatic carbocycles. The molecule has 0 aliphatic heterocycles. The summed E-state index contributed by atoms with van der Waals surface area (Å²) in [5.41, 5.74) is 0.904. The summed E-state index contributed by atoms with van der Waals surface area (Å²) in [5.74, 6) is -0.777. The highest BCUT2D eigenvalue weighted by atomic mass is 19.1. The van der Waals surface area contributed by atoms with E-state index in [9.17, 15) is 19.3 Å². The monoisotopic (exact) mass is 356 g/mol. The molecular weight excluding hydrogens is 335 g/mol. The maximum absolute atomic E-state index is 13.8. The standard InChI is InChI=1S/C20H21FN2O3/c1-13-10-18(21)19(23(25)26)11-17(13)20(24)22(14(2)16-8-9-16)12-15-6-4-3-5-7-15/h3-7,10-11,14,16H,8-9,12H2,1-2H3. The van der Waals surface area contributed by atoms with Gasteiger partial charge in [-0.15, -0.1) is 0 Å². The Morgan fingerprint density at radius 2 is 1.96 bits per heavy atom. The fraction of sp³-hybridized carbons (Fsp3) is 0.350. The lowest BCUT2D eigenvalue weighted by atomic mass is 10.0. The van der Waals surface area contributed by atoms with Crippen LogP contribution in [0.2, 0.25) is 0 Å². The number of rotatable bonds is 6. The van der Waals surface area contributed by atoms with Crippen molar-refractivity contribution in [1.82, 2.24) is 4.90 Å². The van der Waals surface area contributed by atoms with Crippen molar-refractivity contribution in [3.05, 3.63) is 75.1 Å². The predicted octanol–water partition coefficient (Wildman–Crippen LogP) is 4.48. The van der Waals surface area contributed by atoms with E-state index in [0.29, 0.717) is 18.0 Å². The predicted molar refractivity (Wildman–Crippen MR) is 96.3 cm³/mol. The quantitative estimate of drug-likeness (QED) is 0.566. The lowest BCUT2D eigenvalue weighted by molar-refractivity contribution is -0.387. The number of hydrogen-bond donors (Lipinski definition) is 0. The zero-order valence-electron chi connectivity index (χ0n) is 14.8. The van der Waals surface area contributed by atoms with Crippen molar-refractivity contribution in [3.63, 3.8) is 0 Å². The first kappa shape index (κ1) is 18.0. The lowest BCUT2D eigenvalue weighted by Crippen LogP contribution is -2.39. The average Bonchev–Trinajstić information content (AvgIpc) is 3.44. The third kappa shape index (κ3) is 3.74. The zero-order chi connectivity index (χ0) is 18.8. The highest BCUT2D eigenvalue weighted by Gasteiger charge is 2.35. The molecule has 0 N–H and O–H groups in total. The van der Waals surface area contributed by atoms with Crippen LogP contribution in [0.15, 0.2) is 42.5 Å². The minimum Gasteiger partial charge on any atom is -0.331 e. The van der Waals surface area contributed by atoms with Crippen LogP contribution < -0.4 is 0 Å². The van der Waals surface area contributed by atoms with Gasteiger partial charge in [-0.05, 0) is 49.8 Å². The molecule has 0 aromatic heterocycles. The van der Waals surface area contributed by atoms with Crippen molar-refractivity contribution in [2.75, 3.05) is 0 Å². The normalized spacial score (nSPS) is 14.7. The first-order valence-electron chi connectivity index (χ1n) is 8.68. The van der Waals surface area contributed by atoms with Crippen molar-refractivity contribution < 1.29 is 14.1 Å². The molecule has 1 atom stereocenters. The number of carbonyl (C=O) groups is 1. The van der Waals surface area contributed by atoms with E-state index in [-0.39, 0.29) is 17.5 Å². The fourth-order valence-electron chi connectivity index (χ4n) is 3.20. The van der Waals surface area contributed by atoms with E-state index >= 15 is 0 Å². The molecule has 2 aromatic rings. The first-order chi connectivity index (χ1) is 12.4. The molecule has 0 heterocycles. The molecule has 136 valence electrons. The highest BCUT2D eigenvalue weighted by Crippen LogP contribution is 2.36. The van der Waals surface area contributed by atoms with E-state index in [2.05, 4.69) is 0 Å². The van der Waals surface area contributed by atoms with E-state index in [1.54, 1.807) is 11.8 Å². The van der Waals surface area contributed by atoms with Crippen LogP contribution in [0.5, 0.6) is 0 Å². The van der Waals surface area contributed by atoms with Gasteiger partial charge in [0.25, 0.3) is 5.91 Å². The number of aryl methyl sites for hydroxylation is 1. The smallest absolute Gasteiger partial charge is 0.305 e. The van der Waals surface area contributed by atoms with Crippen molar-refractivity contribution in [1.29, 1.82) is 0 Å². The van der Waals surface area contributed by atoms with E-state index in [0.717, 1.165) is 30.5 Å². The Balaban J connectivity index is 1.97. The zero-order valence-corrected chi connectivity index (χ0v) is 14.8. The van der Waals surface area contributed by atoms with Gasteiger partial charge in [-0.2, -0.15) is 4.39 Å². The van der Waals surface area contributed by atoms with Crippen LogP contribution in [-0.2, 0) is 6.54 Å². The summed E-state index contributed by atoms with van der Waals surface area (Å²) >= 11 is 0. The minimum atomic E-state index is -0.922. The van der Waals surface area contributed by atoms with Crippen molar-refractivity contribution in [2.45, 2.75) is 39.3 Å². The molecule has 0 radical (unpaired) electrons. The van der Waals surface area contributed by atoms with Crippen LogP contribution in [0.1, 0.15) is 41.3 Å². The van der Waals surface area contributed by atoms with E-state index < -0.39 is 16.4 Å². The molecule has 1 amide bonds. The fourth-order valence-corrected chi connectivity index (χ4v) is 3.20. The molecule has 3 rings (SSSR count). The molecule has 6 heteroatoms. The maximum Gasteiger partial charge on any atom is 0.305 e. The van der Waals surface area contributed by atoms with Crippen LogP contribution in [0.3, 0.4) is 0 Å². The van der Waals surface area contributed by atoms with E-state index in [1.165, 1.54) is 0 Å². The third-order valence-electron chi connectivity index (χ3n) is 4.97. The molecule has 0 bridgehead atoms. The molecule has 1 fully saturated rings. The number of benzene rings is 2. The van der Waals surface area contributed by atoms with Gasteiger partial charge in [0.1, 0.15) is 0 Å².